The Morgan fingerprint density at radius 2 is 1.91 bits per heavy atom. The third-order valence-electron chi connectivity index (χ3n) is 5.56. The van der Waals surface area contributed by atoms with E-state index in [0.717, 1.165) is 0 Å². The van der Waals surface area contributed by atoms with Gasteiger partial charge in [0.2, 0.25) is 0 Å². The molecule has 4 heterocycles. The summed E-state index contributed by atoms with van der Waals surface area (Å²) in [5.74, 6) is -1.23. The minimum atomic E-state index is -0.814. The van der Waals surface area contributed by atoms with Gasteiger partial charge in [-0.25, -0.2) is 4.98 Å². The van der Waals surface area contributed by atoms with Crippen molar-refractivity contribution in [2.24, 2.45) is 0 Å². The van der Waals surface area contributed by atoms with Crippen LogP contribution in [0.1, 0.15) is 28.8 Å². The van der Waals surface area contributed by atoms with Gasteiger partial charge in [-0.1, -0.05) is 29.8 Å². The first-order valence-corrected chi connectivity index (χ1v) is 10.3. The Kier molecular flexibility index (Phi) is 4.83. The molecule has 4 aromatic rings. The van der Waals surface area contributed by atoms with Crippen LogP contribution in [0.3, 0.4) is 0 Å². The quantitative estimate of drug-likeness (QED) is 0.282. The van der Waals surface area contributed by atoms with Crippen molar-refractivity contribution in [3.8, 4) is 0 Å². The summed E-state index contributed by atoms with van der Waals surface area (Å²) in [6.07, 6.45) is 3.26. The van der Waals surface area contributed by atoms with E-state index >= 15 is 0 Å². The fourth-order valence-electron chi connectivity index (χ4n) is 4.13. The molecule has 1 fully saturated rings. The zero-order valence-corrected chi connectivity index (χ0v) is 17.8. The number of Topliss-reactive ketones (excluding diaryl/α,β-unsaturated/α-hetero) is 1. The second-order valence-corrected chi connectivity index (χ2v) is 7.97. The molecule has 0 saturated carbocycles. The average Bonchev–Trinajstić information content (AvgIpc) is 3.47. The van der Waals surface area contributed by atoms with Gasteiger partial charge >= 0.3 is 0 Å². The van der Waals surface area contributed by atoms with Crippen molar-refractivity contribution in [3.05, 3.63) is 100 Å². The topological polar surface area (TPSA) is 88.0 Å². The van der Waals surface area contributed by atoms with Gasteiger partial charge in [0.05, 0.1) is 30.1 Å². The summed E-state index contributed by atoms with van der Waals surface area (Å²) in [4.78, 5) is 32.1. The van der Waals surface area contributed by atoms with Crippen LogP contribution in [-0.4, -0.2) is 31.1 Å². The van der Waals surface area contributed by atoms with Gasteiger partial charge in [-0.2, -0.15) is 0 Å². The van der Waals surface area contributed by atoms with Crippen LogP contribution in [-0.2, 0) is 16.1 Å². The molecule has 7 nitrogen and oxygen atoms in total. The molecule has 0 bridgehead atoms. The highest BCUT2D eigenvalue weighted by molar-refractivity contribution is 6.46. The molecule has 0 spiro atoms. The van der Waals surface area contributed by atoms with E-state index in [0.29, 0.717) is 33.4 Å². The summed E-state index contributed by atoms with van der Waals surface area (Å²) in [6.45, 7) is 1.83. The van der Waals surface area contributed by atoms with E-state index in [-0.39, 0.29) is 17.9 Å². The minimum absolute atomic E-state index is 0.00219. The van der Waals surface area contributed by atoms with Crippen LogP contribution in [0.2, 0.25) is 5.02 Å². The van der Waals surface area contributed by atoms with E-state index in [9.17, 15) is 14.7 Å². The first kappa shape index (κ1) is 20.1. The number of amides is 1. The Bertz CT molecular complexity index is 1370. The summed E-state index contributed by atoms with van der Waals surface area (Å²) < 4.78 is 7.11. The number of benzene rings is 1. The number of halogens is 1. The Labute approximate surface area is 188 Å². The molecular weight excluding hydrogens is 430 g/mol. The predicted molar refractivity (Wildman–Crippen MR) is 118 cm³/mol. The van der Waals surface area contributed by atoms with Crippen molar-refractivity contribution < 1.29 is 19.1 Å². The lowest BCUT2D eigenvalue weighted by Crippen LogP contribution is -2.29. The number of rotatable bonds is 4. The zero-order chi connectivity index (χ0) is 22.4. The fourth-order valence-corrected chi connectivity index (χ4v) is 4.26. The standard InChI is InChI=1S/C24H18ClN3O4/c1-14-20(27-11-3-2-6-18(27)26-14)22(29)19-21(15-7-9-16(25)10-8-15)28(24(31)23(19)30)13-17-5-4-12-32-17/h2-12,21,29H,13H2,1H3. The molecule has 1 aliphatic rings. The Morgan fingerprint density at radius 3 is 2.62 bits per heavy atom. The zero-order valence-electron chi connectivity index (χ0n) is 17.0. The van der Waals surface area contributed by atoms with E-state index in [1.807, 2.05) is 6.07 Å². The van der Waals surface area contributed by atoms with Gasteiger partial charge < -0.3 is 14.4 Å². The first-order valence-electron chi connectivity index (χ1n) is 9.96. The molecule has 1 saturated heterocycles. The Balaban J connectivity index is 1.72. The van der Waals surface area contributed by atoms with E-state index in [2.05, 4.69) is 4.98 Å². The molecule has 3 aromatic heterocycles. The number of hydrogen-bond donors (Lipinski definition) is 1. The number of likely N-dealkylation sites (tertiary alicyclic amines) is 1. The summed E-state index contributed by atoms with van der Waals surface area (Å²) in [7, 11) is 0. The van der Waals surface area contributed by atoms with Crippen molar-refractivity contribution >= 4 is 34.7 Å². The van der Waals surface area contributed by atoms with Gasteiger partial charge in [0.1, 0.15) is 17.1 Å². The lowest BCUT2D eigenvalue weighted by atomic mass is 9.96. The van der Waals surface area contributed by atoms with Crippen LogP contribution in [0.5, 0.6) is 0 Å². The molecule has 32 heavy (non-hydrogen) atoms. The Morgan fingerprint density at radius 1 is 1.12 bits per heavy atom. The van der Waals surface area contributed by atoms with Crippen LogP contribution in [0.4, 0.5) is 0 Å². The number of carbonyl (C=O) groups is 2. The fraction of sp³-hybridized carbons (Fsp3) is 0.125. The molecule has 1 atom stereocenters. The van der Waals surface area contributed by atoms with Crippen LogP contribution in [0.25, 0.3) is 11.4 Å². The normalized spacial score (nSPS) is 18.1. The number of aliphatic hydroxyl groups excluding tert-OH is 1. The lowest BCUT2D eigenvalue weighted by molar-refractivity contribution is -0.140. The number of aliphatic hydroxyl groups is 1. The number of pyridine rings is 1. The largest absolute Gasteiger partial charge is 0.505 e. The monoisotopic (exact) mass is 447 g/mol. The number of furan rings is 1. The molecule has 1 amide bonds. The van der Waals surface area contributed by atoms with Gasteiger partial charge in [0.15, 0.2) is 5.76 Å². The first-order chi connectivity index (χ1) is 15.5. The van der Waals surface area contributed by atoms with E-state index in [4.69, 9.17) is 16.0 Å². The number of imidazole rings is 1. The summed E-state index contributed by atoms with van der Waals surface area (Å²) in [6, 6.07) is 14.9. The third kappa shape index (κ3) is 3.18. The smallest absolute Gasteiger partial charge is 0.296 e. The molecule has 1 aromatic carbocycles. The second-order valence-electron chi connectivity index (χ2n) is 7.53. The lowest BCUT2D eigenvalue weighted by Gasteiger charge is -2.24. The van der Waals surface area contributed by atoms with Crippen molar-refractivity contribution in [3.63, 3.8) is 0 Å². The number of ketones is 1. The number of fused-ring (bicyclic) bond motifs is 1. The van der Waals surface area contributed by atoms with Crippen molar-refractivity contribution in [2.75, 3.05) is 0 Å². The molecule has 1 aliphatic heterocycles. The second kappa shape index (κ2) is 7.69. The van der Waals surface area contributed by atoms with Gasteiger partial charge in [0, 0.05) is 11.2 Å². The molecular formula is C24H18ClN3O4. The highest BCUT2D eigenvalue weighted by atomic mass is 35.5. The third-order valence-corrected chi connectivity index (χ3v) is 5.81. The molecule has 8 heteroatoms. The SMILES string of the molecule is Cc1nc2ccccn2c1C(O)=C1C(=O)C(=O)N(Cc2ccco2)C1c1ccc(Cl)cc1. The van der Waals surface area contributed by atoms with Crippen LogP contribution in [0, 0.1) is 6.92 Å². The highest BCUT2D eigenvalue weighted by Crippen LogP contribution is 2.41. The average molecular weight is 448 g/mol. The molecule has 0 radical (unpaired) electrons. The van der Waals surface area contributed by atoms with E-state index < -0.39 is 17.7 Å². The van der Waals surface area contributed by atoms with Gasteiger partial charge in [-0.05, 0) is 48.9 Å². The van der Waals surface area contributed by atoms with Crippen molar-refractivity contribution in [1.82, 2.24) is 14.3 Å². The van der Waals surface area contributed by atoms with Crippen LogP contribution in [0.15, 0.2) is 77.0 Å². The highest BCUT2D eigenvalue weighted by Gasteiger charge is 2.46. The molecule has 0 aliphatic carbocycles. The van der Waals surface area contributed by atoms with Crippen molar-refractivity contribution in [1.29, 1.82) is 0 Å². The maximum absolute atomic E-state index is 13.2. The maximum Gasteiger partial charge on any atom is 0.296 e. The van der Waals surface area contributed by atoms with Gasteiger partial charge in [-0.15, -0.1) is 0 Å². The number of carbonyl (C=O) groups excluding carboxylic acids is 2. The summed E-state index contributed by atoms with van der Waals surface area (Å²) in [5, 5.41) is 11.9. The molecule has 1 unspecified atom stereocenters. The van der Waals surface area contributed by atoms with Gasteiger partial charge in [0.25, 0.3) is 11.7 Å². The van der Waals surface area contributed by atoms with E-state index in [1.165, 1.54) is 11.2 Å². The predicted octanol–water partition coefficient (Wildman–Crippen LogP) is 4.51. The molecule has 5 rings (SSSR count). The minimum Gasteiger partial charge on any atom is -0.505 e. The number of aromatic nitrogens is 2. The van der Waals surface area contributed by atoms with Crippen LogP contribution < -0.4 is 0 Å². The van der Waals surface area contributed by atoms with E-state index in [1.54, 1.807) is 66.1 Å². The van der Waals surface area contributed by atoms with Gasteiger partial charge in [-0.3, -0.25) is 14.0 Å². The number of aryl methyl sites for hydroxylation is 1. The Hall–Kier alpha value is -3.84. The molecule has 160 valence electrons. The molecule has 1 N–H and O–H groups in total. The summed E-state index contributed by atoms with van der Waals surface area (Å²) >= 11 is 6.06. The number of nitrogens with zero attached hydrogens (tertiary/aromatic N) is 3. The van der Waals surface area contributed by atoms with Crippen LogP contribution >= 0.6 is 11.6 Å². The summed E-state index contributed by atoms with van der Waals surface area (Å²) in [5.41, 5.74) is 2.18. The van der Waals surface area contributed by atoms with Crippen molar-refractivity contribution in [2.45, 2.75) is 19.5 Å². The maximum atomic E-state index is 13.2. The number of hydrogen-bond acceptors (Lipinski definition) is 5.